The van der Waals surface area contributed by atoms with Gasteiger partial charge in [-0.3, -0.25) is 10.1 Å². The van der Waals surface area contributed by atoms with Gasteiger partial charge < -0.3 is 4.74 Å². The molecule has 2 aromatic rings. The average Bonchev–Trinajstić information content (AvgIpc) is 2.34. The Morgan fingerprint density at radius 1 is 1.32 bits per heavy atom. The van der Waals surface area contributed by atoms with Crippen molar-refractivity contribution in [2.75, 3.05) is 0 Å². The van der Waals surface area contributed by atoms with Crippen LogP contribution < -0.4 is 4.74 Å². The highest BCUT2D eigenvalue weighted by Crippen LogP contribution is 2.31. The lowest BCUT2D eigenvalue weighted by molar-refractivity contribution is -0.385. The number of non-ortho nitro benzene ring substituents is 1. The Morgan fingerprint density at radius 3 is 2.58 bits per heavy atom. The molecule has 2 rings (SSSR count). The zero-order chi connectivity index (χ0) is 14.0. The molecule has 1 aromatic heterocycles. The summed E-state index contributed by atoms with van der Waals surface area (Å²) in [6.45, 7) is 1.81. The van der Waals surface area contributed by atoms with Gasteiger partial charge in [-0.15, -0.1) is 0 Å². The molecular formula is C12H8BrFN2O3. The molecule has 0 saturated carbocycles. The monoisotopic (exact) mass is 326 g/mol. The maximum atomic E-state index is 13.6. The molecule has 1 heterocycles. The number of nitrogens with zero attached hydrogens (tertiary/aromatic N) is 2. The van der Waals surface area contributed by atoms with Crippen molar-refractivity contribution in [3.05, 3.63) is 56.6 Å². The zero-order valence-corrected chi connectivity index (χ0v) is 11.3. The molecule has 5 nitrogen and oxygen atoms in total. The number of ether oxygens (including phenoxy) is 1. The van der Waals surface area contributed by atoms with Crippen molar-refractivity contribution in [1.82, 2.24) is 4.98 Å². The molecule has 0 aliphatic carbocycles. The van der Waals surface area contributed by atoms with Crippen LogP contribution in [0.2, 0.25) is 0 Å². The van der Waals surface area contributed by atoms with Crippen LogP contribution in [-0.4, -0.2) is 9.91 Å². The zero-order valence-electron chi connectivity index (χ0n) is 9.76. The van der Waals surface area contributed by atoms with Gasteiger partial charge in [0.2, 0.25) is 0 Å². The Balaban J connectivity index is 2.31. The second-order valence-corrected chi connectivity index (χ2v) is 4.47. The van der Waals surface area contributed by atoms with Crippen LogP contribution in [-0.2, 0) is 0 Å². The first-order chi connectivity index (χ1) is 8.97. The minimum atomic E-state index is -0.804. The minimum Gasteiger partial charge on any atom is -0.451 e. The molecule has 98 valence electrons. The van der Waals surface area contributed by atoms with Gasteiger partial charge in [-0.1, -0.05) is 0 Å². The van der Waals surface area contributed by atoms with Crippen LogP contribution in [0.4, 0.5) is 10.1 Å². The SMILES string of the molecule is Cc1ccc(Oc2ccc([N+](=O)[O-])cc2F)c(Br)n1. The minimum absolute atomic E-state index is 0.100. The molecular weight excluding hydrogens is 319 g/mol. The summed E-state index contributed by atoms with van der Waals surface area (Å²) in [7, 11) is 0. The largest absolute Gasteiger partial charge is 0.451 e. The van der Waals surface area contributed by atoms with Crippen LogP contribution in [0.25, 0.3) is 0 Å². The molecule has 0 radical (unpaired) electrons. The molecule has 0 bridgehead atoms. The normalized spacial score (nSPS) is 10.3. The Kier molecular flexibility index (Phi) is 3.75. The van der Waals surface area contributed by atoms with Crippen LogP contribution in [0.1, 0.15) is 5.69 Å². The summed E-state index contributed by atoms with van der Waals surface area (Å²) >= 11 is 3.20. The fraction of sp³-hybridized carbons (Fsp3) is 0.0833. The Hall–Kier alpha value is -2.02. The second kappa shape index (κ2) is 5.31. The maximum absolute atomic E-state index is 13.6. The van der Waals surface area contributed by atoms with Gasteiger partial charge in [-0.05, 0) is 41.1 Å². The predicted octanol–water partition coefficient (Wildman–Crippen LogP) is 3.99. The highest BCUT2D eigenvalue weighted by Gasteiger charge is 2.13. The first-order valence-electron chi connectivity index (χ1n) is 5.22. The van der Waals surface area contributed by atoms with Gasteiger partial charge in [0, 0.05) is 11.8 Å². The second-order valence-electron chi connectivity index (χ2n) is 3.72. The molecule has 0 saturated heterocycles. The van der Waals surface area contributed by atoms with E-state index in [-0.39, 0.29) is 11.4 Å². The van der Waals surface area contributed by atoms with Crippen LogP contribution in [0.3, 0.4) is 0 Å². The van der Waals surface area contributed by atoms with Crippen molar-refractivity contribution >= 4 is 21.6 Å². The fourth-order valence-electron chi connectivity index (χ4n) is 1.39. The summed E-state index contributed by atoms with van der Waals surface area (Å²) in [5.74, 6) is -0.572. The number of halogens is 2. The molecule has 0 aliphatic heterocycles. The molecule has 0 N–H and O–H groups in total. The maximum Gasteiger partial charge on any atom is 0.272 e. The van der Waals surface area contributed by atoms with Gasteiger partial charge in [0.25, 0.3) is 5.69 Å². The van der Waals surface area contributed by atoms with Gasteiger partial charge >= 0.3 is 0 Å². The lowest BCUT2D eigenvalue weighted by Gasteiger charge is -2.08. The number of aryl methyl sites for hydroxylation is 1. The molecule has 19 heavy (non-hydrogen) atoms. The molecule has 0 atom stereocenters. The Morgan fingerprint density at radius 2 is 2.00 bits per heavy atom. The molecule has 0 spiro atoms. The summed E-state index contributed by atoms with van der Waals surface area (Å²) in [5.41, 5.74) is 0.453. The van der Waals surface area contributed by atoms with E-state index in [1.807, 2.05) is 0 Å². The third-order valence-corrected chi connectivity index (χ3v) is 2.87. The van der Waals surface area contributed by atoms with Crippen LogP contribution in [0.5, 0.6) is 11.5 Å². The molecule has 0 amide bonds. The van der Waals surface area contributed by atoms with Crippen molar-refractivity contribution in [2.24, 2.45) is 0 Å². The fourth-order valence-corrected chi connectivity index (χ4v) is 1.89. The average molecular weight is 327 g/mol. The third-order valence-electron chi connectivity index (χ3n) is 2.30. The first-order valence-corrected chi connectivity index (χ1v) is 6.01. The van der Waals surface area contributed by atoms with E-state index >= 15 is 0 Å². The van der Waals surface area contributed by atoms with E-state index in [9.17, 15) is 14.5 Å². The lowest BCUT2D eigenvalue weighted by Crippen LogP contribution is -1.94. The summed E-state index contributed by atoms with van der Waals surface area (Å²) in [6, 6.07) is 6.54. The van der Waals surface area contributed by atoms with Gasteiger partial charge in [-0.25, -0.2) is 9.37 Å². The first kappa shape index (κ1) is 13.4. The molecule has 0 unspecified atom stereocenters. The lowest BCUT2D eigenvalue weighted by atomic mass is 10.3. The Labute approximate surface area is 116 Å². The number of nitro benzene ring substituents is 1. The molecule has 1 aromatic carbocycles. The highest BCUT2D eigenvalue weighted by atomic mass is 79.9. The Bertz CT molecular complexity index is 649. The van der Waals surface area contributed by atoms with Crippen LogP contribution in [0.15, 0.2) is 34.9 Å². The van der Waals surface area contributed by atoms with E-state index in [0.29, 0.717) is 10.4 Å². The predicted molar refractivity (Wildman–Crippen MR) is 69.8 cm³/mol. The van der Waals surface area contributed by atoms with Crippen LogP contribution >= 0.6 is 15.9 Å². The van der Waals surface area contributed by atoms with E-state index in [4.69, 9.17) is 4.74 Å². The van der Waals surface area contributed by atoms with Crippen molar-refractivity contribution in [2.45, 2.75) is 6.92 Å². The van der Waals surface area contributed by atoms with E-state index in [1.165, 1.54) is 12.1 Å². The summed E-state index contributed by atoms with van der Waals surface area (Å²) < 4.78 is 19.4. The van der Waals surface area contributed by atoms with E-state index in [1.54, 1.807) is 19.1 Å². The summed E-state index contributed by atoms with van der Waals surface area (Å²) in [5, 5.41) is 10.5. The molecule has 0 aliphatic rings. The summed E-state index contributed by atoms with van der Waals surface area (Å²) in [4.78, 5) is 13.9. The van der Waals surface area contributed by atoms with E-state index in [2.05, 4.69) is 20.9 Å². The quantitative estimate of drug-likeness (QED) is 0.486. The number of pyridine rings is 1. The van der Waals surface area contributed by atoms with Crippen molar-refractivity contribution < 1.29 is 14.1 Å². The van der Waals surface area contributed by atoms with Crippen LogP contribution in [0, 0.1) is 22.9 Å². The molecule has 0 fully saturated rings. The topological polar surface area (TPSA) is 65.3 Å². The van der Waals surface area contributed by atoms with Gasteiger partial charge in [0.1, 0.15) is 4.60 Å². The van der Waals surface area contributed by atoms with E-state index in [0.717, 1.165) is 11.8 Å². The third kappa shape index (κ3) is 3.05. The van der Waals surface area contributed by atoms with Crippen molar-refractivity contribution in [3.8, 4) is 11.5 Å². The number of benzene rings is 1. The van der Waals surface area contributed by atoms with Gasteiger partial charge in [0.05, 0.1) is 11.0 Å². The van der Waals surface area contributed by atoms with Gasteiger partial charge in [-0.2, -0.15) is 0 Å². The summed E-state index contributed by atoms with van der Waals surface area (Å²) in [6.07, 6.45) is 0. The number of nitro groups is 1. The highest BCUT2D eigenvalue weighted by molar-refractivity contribution is 9.10. The standard InChI is InChI=1S/C12H8BrFN2O3/c1-7-2-4-11(12(13)15-7)19-10-5-3-8(16(17)18)6-9(10)14/h2-6H,1H3. The van der Waals surface area contributed by atoms with Crippen molar-refractivity contribution in [1.29, 1.82) is 0 Å². The number of rotatable bonds is 3. The smallest absolute Gasteiger partial charge is 0.272 e. The number of aromatic nitrogens is 1. The molecule has 7 heteroatoms. The van der Waals surface area contributed by atoms with Crippen molar-refractivity contribution in [3.63, 3.8) is 0 Å². The number of hydrogen-bond acceptors (Lipinski definition) is 4. The number of hydrogen-bond donors (Lipinski definition) is 0. The van der Waals surface area contributed by atoms with E-state index < -0.39 is 10.7 Å². The van der Waals surface area contributed by atoms with Gasteiger partial charge in [0.15, 0.2) is 17.3 Å².